The molecular weight excluding hydrogens is 192 g/mol. The number of rotatable bonds is 7. The number of hydrogen-bond acceptors (Lipinski definition) is 3. The predicted molar refractivity (Wildman–Crippen MR) is 61.3 cm³/mol. The van der Waals surface area contributed by atoms with Crippen molar-refractivity contribution >= 4 is 5.91 Å². The molecule has 4 N–H and O–H groups in total. The second kappa shape index (κ2) is 6.80. The molecule has 1 amide bonds. The minimum atomic E-state index is -0.247. The number of aliphatic hydroxyl groups is 1. The monoisotopic (exact) mass is 216 g/mol. The molecule has 0 aromatic heterocycles. The quantitative estimate of drug-likeness (QED) is 0.580. The molecule has 0 radical (unpaired) electrons. The molecule has 0 aromatic carbocycles. The summed E-state index contributed by atoms with van der Waals surface area (Å²) in [7, 11) is 0. The van der Waals surface area contributed by atoms with E-state index in [4.69, 9.17) is 10.8 Å². The van der Waals surface area contributed by atoms with Crippen LogP contribution >= 0.6 is 0 Å². The highest BCUT2D eigenvalue weighted by Crippen LogP contribution is 2.12. The Balaban J connectivity index is 3.82. The van der Waals surface area contributed by atoms with E-state index in [-0.39, 0.29) is 23.8 Å². The van der Waals surface area contributed by atoms with Gasteiger partial charge in [-0.3, -0.25) is 4.79 Å². The van der Waals surface area contributed by atoms with Gasteiger partial charge >= 0.3 is 0 Å². The maximum atomic E-state index is 11.6. The van der Waals surface area contributed by atoms with E-state index in [2.05, 4.69) is 5.32 Å². The third-order valence-electron chi connectivity index (χ3n) is 2.46. The molecule has 90 valence electrons. The van der Waals surface area contributed by atoms with Gasteiger partial charge < -0.3 is 16.2 Å². The van der Waals surface area contributed by atoms with E-state index in [1.807, 2.05) is 20.8 Å². The van der Waals surface area contributed by atoms with E-state index >= 15 is 0 Å². The standard InChI is InChI=1S/C11H24N2O2/c1-9(5-4-6-12)10(15)13-7-11(2,3)8-14/h9,14H,4-8,12H2,1-3H3,(H,13,15). The van der Waals surface area contributed by atoms with Crippen molar-refractivity contribution in [1.29, 1.82) is 0 Å². The lowest BCUT2D eigenvalue weighted by Crippen LogP contribution is -2.38. The molecule has 0 aliphatic rings. The van der Waals surface area contributed by atoms with Crippen molar-refractivity contribution in [3.8, 4) is 0 Å². The lowest BCUT2D eigenvalue weighted by molar-refractivity contribution is -0.125. The molecular formula is C11H24N2O2. The van der Waals surface area contributed by atoms with Crippen molar-refractivity contribution in [2.45, 2.75) is 33.6 Å². The summed E-state index contributed by atoms with van der Waals surface area (Å²) in [4.78, 5) is 11.6. The smallest absolute Gasteiger partial charge is 0.222 e. The first-order chi connectivity index (χ1) is 6.93. The van der Waals surface area contributed by atoms with Gasteiger partial charge in [-0.1, -0.05) is 20.8 Å². The predicted octanol–water partition coefficient (Wildman–Crippen LogP) is 0.496. The Morgan fingerprint density at radius 1 is 1.53 bits per heavy atom. The van der Waals surface area contributed by atoms with Crippen molar-refractivity contribution in [2.24, 2.45) is 17.1 Å². The van der Waals surface area contributed by atoms with Crippen LogP contribution in [0.15, 0.2) is 0 Å². The molecule has 0 aromatic rings. The van der Waals surface area contributed by atoms with Gasteiger partial charge in [0.15, 0.2) is 0 Å². The molecule has 0 aliphatic heterocycles. The minimum absolute atomic E-state index is 0.00282. The summed E-state index contributed by atoms with van der Waals surface area (Å²) < 4.78 is 0. The molecule has 0 spiro atoms. The zero-order valence-corrected chi connectivity index (χ0v) is 10.0. The molecule has 15 heavy (non-hydrogen) atoms. The van der Waals surface area contributed by atoms with Gasteiger partial charge in [0.05, 0.1) is 0 Å². The molecule has 4 nitrogen and oxygen atoms in total. The molecule has 4 heteroatoms. The SMILES string of the molecule is CC(CCCN)C(=O)NCC(C)(C)CO. The summed E-state index contributed by atoms with van der Waals surface area (Å²) in [5.74, 6) is 0.0491. The Labute approximate surface area is 92.2 Å². The molecule has 0 saturated carbocycles. The largest absolute Gasteiger partial charge is 0.396 e. The fourth-order valence-electron chi connectivity index (χ4n) is 1.11. The summed E-state index contributed by atoms with van der Waals surface area (Å²) in [5.41, 5.74) is 5.13. The van der Waals surface area contributed by atoms with Crippen LogP contribution in [0.25, 0.3) is 0 Å². The van der Waals surface area contributed by atoms with E-state index in [0.717, 1.165) is 12.8 Å². The van der Waals surface area contributed by atoms with Crippen LogP contribution in [-0.2, 0) is 4.79 Å². The Hall–Kier alpha value is -0.610. The average Bonchev–Trinajstić information content (AvgIpc) is 2.22. The second-order valence-corrected chi connectivity index (χ2v) is 4.87. The topological polar surface area (TPSA) is 75.4 Å². The van der Waals surface area contributed by atoms with Gasteiger partial charge in [-0.05, 0) is 19.4 Å². The van der Waals surface area contributed by atoms with Crippen molar-refractivity contribution < 1.29 is 9.90 Å². The van der Waals surface area contributed by atoms with Crippen molar-refractivity contribution in [3.63, 3.8) is 0 Å². The van der Waals surface area contributed by atoms with Crippen LogP contribution in [-0.4, -0.2) is 30.7 Å². The number of nitrogens with two attached hydrogens (primary N) is 1. The maximum Gasteiger partial charge on any atom is 0.222 e. The fraction of sp³-hybridized carbons (Fsp3) is 0.909. The van der Waals surface area contributed by atoms with E-state index in [1.165, 1.54) is 0 Å². The van der Waals surface area contributed by atoms with E-state index in [0.29, 0.717) is 13.1 Å². The van der Waals surface area contributed by atoms with E-state index in [9.17, 15) is 4.79 Å². The lowest BCUT2D eigenvalue weighted by Gasteiger charge is -2.23. The maximum absolute atomic E-state index is 11.6. The lowest BCUT2D eigenvalue weighted by atomic mass is 9.94. The van der Waals surface area contributed by atoms with Crippen molar-refractivity contribution in [3.05, 3.63) is 0 Å². The molecule has 0 rings (SSSR count). The molecule has 1 atom stereocenters. The van der Waals surface area contributed by atoms with Crippen LogP contribution in [0, 0.1) is 11.3 Å². The zero-order valence-electron chi connectivity index (χ0n) is 10.0. The molecule has 0 heterocycles. The highest BCUT2D eigenvalue weighted by molar-refractivity contribution is 5.78. The third kappa shape index (κ3) is 6.47. The number of aliphatic hydroxyl groups excluding tert-OH is 1. The van der Waals surface area contributed by atoms with Gasteiger partial charge in [-0.15, -0.1) is 0 Å². The Morgan fingerprint density at radius 3 is 2.60 bits per heavy atom. The number of amides is 1. The van der Waals surface area contributed by atoms with Gasteiger partial charge in [-0.25, -0.2) is 0 Å². The van der Waals surface area contributed by atoms with Crippen LogP contribution in [0.3, 0.4) is 0 Å². The highest BCUT2D eigenvalue weighted by Gasteiger charge is 2.19. The van der Waals surface area contributed by atoms with Gasteiger partial charge in [0.25, 0.3) is 0 Å². The summed E-state index contributed by atoms with van der Waals surface area (Å²) >= 11 is 0. The molecule has 0 bridgehead atoms. The zero-order chi connectivity index (χ0) is 11.9. The normalized spacial score (nSPS) is 13.7. The first kappa shape index (κ1) is 14.4. The molecule has 0 fully saturated rings. The Kier molecular flexibility index (Phi) is 6.52. The minimum Gasteiger partial charge on any atom is -0.396 e. The molecule has 1 unspecified atom stereocenters. The summed E-state index contributed by atoms with van der Waals surface area (Å²) in [6.45, 7) is 6.94. The first-order valence-electron chi connectivity index (χ1n) is 5.51. The van der Waals surface area contributed by atoms with Crippen molar-refractivity contribution in [2.75, 3.05) is 19.7 Å². The van der Waals surface area contributed by atoms with Crippen LogP contribution in [0.1, 0.15) is 33.6 Å². The first-order valence-corrected chi connectivity index (χ1v) is 5.51. The van der Waals surface area contributed by atoms with E-state index in [1.54, 1.807) is 0 Å². The third-order valence-corrected chi connectivity index (χ3v) is 2.46. The van der Waals surface area contributed by atoms with Crippen molar-refractivity contribution in [1.82, 2.24) is 5.32 Å². The number of carbonyl (C=O) groups excluding carboxylic acids is 1. The highest BCUT2D eigenvalue weighted by atomic mass is 16.3. The summed E-state index contributed by atoms with van der Waals surface area (Å²) in [5, 5.41) is 11.9. The average molecular weight is 216 g/mol. The summed E-state index contributed by atoms with van der Waals surface area (Å²) in [6, 6.07) is 0. The fourth-order valence-corrected chi connectivity index (χ4v) is 1.11. The second-order valence-electron chi connectivity index (χ2n) is 4.87. The molecule has 0 aliphatic carbocycles. The van der Waals surface area contributed by atoms with Crippen LogP contribution < -0.4 is 11.1 Å². The van der Waals surface area contributed by atoms with Crippen LogP contribution in [0.2, 0.25) is 0 Å². The summed E-state index contributed by atoms with van der Waals surface area (Å²) in [6.07, 6.45) is 1.69. The Bertz CT molecular complexity index is 193. The molecule has 0 saturated heterocycles. The number of hydrogen-bond donors (Lipinski definition) is 3. The van der Waals surface area contributed by atoms with Crippen LogP contribution in [0.5, 0.6) is 0 Å². The van der Waals surface area contributed by atoms with Crippen LogP contribution in [0.4, 0.5) is 0 Å². The number of carbonyl (C=O) groups is 1. The van der Waals surface area contributed by atoms with Gasteiger partial charge in [0.1, 0.15) is 0 Å². The van der Waals surface area contributed by atoms with Gasteiger partial charge in [0, 0.05) is 24.5 Å². The Morgan fingerprint density at radius 2 is 2.13 bits per heavy atom. The van der Waals surface area contributed by atoms with E-state index < -0.39 is 0 Å². The number of nitrogens with one attached hydrogen (secondary N) is 1. The van der Waals surface area contributed by atoms with Gasteiger partial charge in [-0.2, -0.15) is 0 Å². The van der Waals surface area contributed by atoms with Gasteiger partial charge in [0.2, 0.25) is 5.91 Å².